The molecule has 1 atom stereocenters. The molecule has 1 rings (SSSR count). The van der Waals surface area contributed by atoms with Crippen molar-refractivity contribution in [1.29, 1.82) is 0 Å². The maximum atomic E-state index is 9.82. The van der Waals surface area contributed by atoms with E-state index >= 15 is 0 Å². The largest absolute Gasteiger partial charge is 0.391 e. The molecule has 4 heteroatoms. The number of rotatable bonds is 5. The Morgan fingerprint density at radius 2 is 2.19 bits per heavy atom. The predicted octanol–water partition coefficient (Wildman–Crippen LogP) is 2.91. The molecule has 0 saturated carbocycles. The van der Waals surface area contributed by atoms with Crippen molar-refractivity contribution in [3.63, 3.8) is 0 Å². The van der Waals surface area contributed by atoms with Gasteiger partial charge in [0.1, 0.15) is 0 Å². The second-order valence-corrected chi connectivity index (χ2v) is 6.16. The molecule has 1 unspecified atom stereocenters. The van der Waals surface area contributed by atoms with Gasteiger partial charge in [0.2, 0.25) is 0 Å². The Kier molecular flexibility index (Phi) is 4.74. The average Bonchev–Trinajstić information content (AvgIpc) is 2.59. The quantitative estimate of drug-likeness (QED) is 0.834. The maximum absolute atomic E-state index is 9.82. The van der Waals surface area contributed by atoms with E-state index in [1.54, 1.807) is 11.3 Å². The molecule has 3 nitrogen and oxygen atoms in total. The summed E-state index contributed by atoms with van der Waals surface area (Å²) in [5, 5.41) is 16.0. The Morgan fingerprint density at radius 1 is 1.50 bits per heavy atom. The van der Waals surface area contributed by atoms with Crippen molar-refractivity contribution in [3.05, 3.63) is 11.1 Å². The Hall–Kier alpha value is -0.610. The van der Waals surface area contributed by atoms with Crippen LogP contribution >= 0.6 is 11.3 Å². The van der Waals surface area contributed by atoms with Crippen LogP contribution < -0.4 is 5.32 Å². The van der Waals surface area contributed by atoms with Crippen LogP contribution in [0.25, 0.3) is 0 Å². The molecule has 16 heavy (non-hydrogen) atoms. The third kappa shape index (κ3) is 4.94. The van der Waals surface area contributed by atoms with Crippen molar-refractivity contribution in [2.45, 2.75) is 46.6 Å². The summed E-state index contributed by atoms with van der Waals surface area (Å²) < 4.78 is 0. The SMILES string of the molecule is CCc1csc(NCC(O)CC(C)(C)C)n1. The molecule has 0 radical (unpaired) electrons. The molecular formula is C12H22N2OS. The molecule has 0 saturated heterocycles. The lowest BCUT2D eigenvalue weighted by molar-refractivity contribution is 0.132. The van der Waals surface area contributed by atoms with E-state index in [1.165, 1.54) is 0 Å². The van der Waals surface area contributed by atoms with Crippen molar-refractivity contribution < 1.29 is 5.11 Å². The van der Waals surface area contributed by atoms with Gasteiger partial charge in [-0.3, -0.25) is 0 Å². The van der Waals surface area contributed by atoms with Gasteiger partial charge in [-0.05, 0) is 18.3 Å². The van der Waals surface area contributed by atoms with Crippen LogP contribution in [0.1, 0.15) is 39.8 Å². The number of aliphatic hydroxyl groups is 1. The third-order valence-electron chi connectivity index (χ3n) is 2.25. The van der Waals surface area contributed by atoms with Gasteiger partial charge in [0.05, 0.1) is 11.8 Å². The lowest BCUT2D eigenvalue weighted by Gasteiger charge is -2.22. The van der Waals surface area contributed by atoms with Crippen molar-refractivity contribution in [3.8, 4) is 0 Å². The zero-order valence-electron chi connectivity index (χ0n) is 10.6. The number of hydrogen-bond donors (Lipinski definition) is 2. The van der Waals surface area contributed by atoms with E-state index in [1.807, 2.05) is 0 Å². The standard InChI is InChI=1S/C12H22N2OS/c1-5-9-8-16-11(14-9)13-7-10(15)6-12(2,3)4/h8,10,15H,5-7H2,1-4H3,(H,13,14). The fourth-order valence-corrected chi connectivity index (χ4v) is 2.34. The molecule has 1 heterocycles. The number of nitrogens with zero attached hydrogens (tertiary/aromatic N) is 1. The highest BCUT2D eigenvalue weighted by atomic mass is 32.1. The number of aliphatic hydroxyl groups excluding tert-OH is 1. The molecule has 0 bridgehead atoms. The zero-order valence-corrected chi connectivity index (χ0v) is 11.4. The first-order chi connectivity index (χ1) is 7.40. The predicted molar refractivity (Wildman–Crippen MR) is 70.1 cm³/mol. The molecule has 92 valence electrons. The molecule has 0 fully saturated rings. The number of hydrogen-bond acceptors (Lipinski definition) is 4. The lowest BCUT2D eigenvalue weighted by Crippen LogP contribution is -2.25. The Morgan fingerprint density at radius 3 is 2.69 bits per heavy atom. The van der Waals surface area contributed by atoms with Crippen LogP contribution in [0.5, 0.6) is 0 Å². The molecule has 0 aliphatic rings. The van der Waals surface area contributed by atoms with Gasteiger partial charge in [-0.25, -0.2) is 4.98 Å². The Balaban J connectivity index is 2.34. The molecular weight excluding hydrogens is 220 g/mol. The minimum absolute atomic E-state index is 0.165. The van der Waals surface area contributed by atoms with Crippen molar-refractivity contribution in [1.82, 2.24) is 4.98 Å². The van der Waals surface area contributed by atoms with Crippen LogP contribution in [0.15, 0.2) is 5.38 Å². The summed E-state index contributed by atoms with van der Waals surface area (Å²) in [7, 11) is 0. The summed E-state index contributed by atoms with van der Waals surface area (Å²) >= 11 is 1.60. The first-order valence-electron chi connectivity index (χ1n) is 5.77. The lowest BCUT2D eigenvalue weighted by atomic mass is 9.89. The van der Waals surface area contributed by atoms with Gasteiger partial charge in [0.25, 0.3) is 0 Å². The third-order valence-corrected chi connectivity index (χ3v) is 3.10. The summed E-state index contributed by atoms with van der Waals surface area (Å²) in [6.45, 7) is 9.07. The van der Waals surface area contributed by atoms with Gasteiger partial charge in [-0.15, -0.1) is 11.3 Å². The zero-order chi connectivity index (χ0) is 12.2. The summed E-state index contributed by atoms with van der Waals surface area (Å²) in [4.78, 5) is 4.39. The fourth-order valence-electron chi connectivity index (χ4n) is 1.53. The number of nitrogens with one attached hydrogen (secondary N) is 1. The molecule has 0 aliphatic heterocycles. The molecule has 0 aromatic carbocycles. The molecule has 2 N–H and O–H groups in total. The fraction of sp³-hybridized carbons (Fsp3) is 0.750. The number of anilines is 1. The molecule has 0 amide bonds. The molecule has 0 spiro atoms. The highest BCUT2D eigenvalue weighted by Gasteiger charge is 2.16. The van der Waals surface area contributed by atoms with Gasteiger partial charge in [-0.1, -0.05) is 27.7 Å². The van der Waals surface area contributed by atoms with Crippen LogP contribution in [0.3, 0.4) is 0 Å². The van der Waals surface area contributed by atoms with Crippen LogP contribution in [-0.4, -0.2) is 22.7 Å². The van der Waals surface area contributed by atoms with Gasteiger partial charge < -0.3 is 10.4 Å². The summed E-state index contributed by atoms with van der Waals surface area (Å²) in [5.74, 6) is 0. The smallest absolute Gasteiger partial charge is 0.182 e. The maximum Gasteiger partial charge on any atom is 0.182 e. The highest BCUT2D eigenvalue weighted by molar-refractivity contribution is 7.13. The number of aromatic nitrogens is 1. The monoisotopic (exact) mass is 242 g/mol. The number of thiazole rings is 1. The van der Waals surface area contributed by atoms with Crippen LogP contribution in [0.2, 0.25) is 0 Å². The van der Waals surface area contributed by atoms with Crippen LogP contribution in [0, 0.1) is 5.41 Å². The van der Waals surface area contributed by atoms with Crippen LogP contribution in [0.4, 0.5) is 5.13 Å². The second-order valence-electron chi connectivity index (χ2n) is 5.30. The van der Waals surface area contributed by atoms with Gasteiger partial charge >= 0.3 is 0 Å². The molecule has 1 aromatic heterocycles. The minimum Gasteiger partial charge on any atom is -0.391 e. The van der Waals surface area contributed by atoms with Crippen molar-refractivity contribution >= 4 is 16.5 Å². The topological polar surface area (TPSA) is 45.1 Å². The first kappa shape index (κ1) is 13.5. The van der Waals surface area contributed by atoms with E-state index in [9.17, 15) is 5.11 Å². The van der Waals surface area contributed by atoms with E-state index < -0.39 is 0 Å². The van der Waals surface area contributed by atoms with E-state index in [0.29, 0.717) is 6.54 Å². The second kappa shape index (κ2) is 5.64. The minimum atomic E-state index is -0.311. The summed E-state index contributed by atoms with van der Waals surface area (Å²) in [6.07, 6.45) is 1.45. The van der Waals surface area contributed by atoms with Crippen LogP contribution in [-0.2, 0) is 6.42 Å². The van der Waals surface area contributed by atoms with Crippen molar-refractivity contribution in [2.24, 2.45) is 5.41 Å². The Bertz CT molecular complexity index is 317. The first-order valence-corrected chi connectivity index (χ1v) is 6.65. The van der Waals surface area contributed by atoms with Crippen molar-refractivity contribution in [2.75, 3.05) is 11.9 Å². The average molecular weight is 242 g/mol. The van der Waals surface area contributed by atoms with Gasteiger partial charge in [-0.2, -0.15) is 0 Å². The van der Waals surface area contributed by atoms with E-state index in [0.717, 1.165) is 23.7 Å². The van der Waals surface area contributed by atoms with Gasteiger partial charge in [0.15, 0.2) is 5.13 Å². The van der Waals surface area contributed by atoms with Gasteiger partial charge in [0, 0.05) is 11.9 Å². The molecule has 1 aromatic rings. The highest BCUT2D eigenvalue weighted by Crippen LogP contribution is 2.21. The molecule has 0 aliphatic carbocycles. The number of aryl methyl sites for hydroxylation is 1. The summed E-state index contributed by atoms with van der Waals surface area (Å²) in [6, 6.07) is 0. The normalized spacial score (nSPS) is 13.8. The Labute approximate surface area is 102 Å². The van der Waals surface area contributed by atoms with E-state index in [-0.39, 0.29) is 11.5 Å². The van der Waals surface area contributed by atoms with E-state index in [2.05, 4.69) is 43.4 Å². The summed E-state index contributed by atoms with van der Waals surface area (Å²) in [5.41, 5.74) is 1.27. The van der Waals surface area contributed by atoms with E-state index in [4.69, 9.17) is 0 Å².